The van der Waals surface area contributed by atoms with E-state index in [1.54, 1.807) is 18.2 Å². The van der Waals surface area contributed by atoms with Gasteiger partial charge in [-0.3, -0.25) is 4.79 Å². The van der Waals surface area contributed by atoms with E-state index in [1.165, 1.54) is 0 Å². The monoisotopic (exact) mass is 448 g/mol. The van der Waals surface area contributed by atoms with Crippen LogP contribution in [0, 0.1) is 0 Å². The first-order valence-corrected chi connectivity index (χ1v) is 11.3. The lowest BCUT2D eigenvalue weighted by molar-refractivity contribution is -0.00570. The van der Waals surface area contributed by atoms with Crippen LogP contribution in [-0.2, 0) is 9.47 Å². The largest absolute Gasteiger partial charge is 0.378 e. The minimum absolute atomic E-state index is 0.0873. The van der Waals surface area contributed by atoms with Crippen LogP contribution in [0.1, 0.15) is 24.2 Å². The summed E-state index contributed by atoms with van der Waals surface area (Å²) in [6.45, 7) is 8.37. The van der Waals surface area contributed by atoms with E-state index in [9.17, 15) is 4.79 Å². The molecule has 2 aromatic heterocycles. The standard InChI is InChI=1S/C24H28N6O3/c1-16-14-30(15-17(2)33-16)24-27-21-19(22(28-24)29-10-12-32-13-11-29)8-9-20(25-21)26-23(31)18-6-4-3-5-7-18/h3-9,16-17H,10-15H2,1-2H3,(H,25,26,27,28,31). The molecule has 0 bridgehead atoms. The summed E-state index contributed by atoms with van der Waals surface area (Å²) >= 11 is 0. The number of hydrogen-bond donors (Lipinski definition) is 1. The maximum Gasteiger partial charge on any atom is 0.256 e. The molecule has 0 radical (unpaired) electrons. The van der Waals surface area contributed by atoms with Gasteiger partial charge in [-0.1, -0.05) is 18.2 Å². The molecule has 9 nitrogen and oxygen atoms in total. The van der Waals surface area contributed by atoms with Gasteiger partial charge in [0.15, 0.2) is 5.65 Å². The normalized spacial score (nSPS) is 21.3. The molecule has 2 unspecified atom stereocenters. The van der Waals surface area contributed by atoms with Crippen LogP contribution >= 0.6 is 0 Å². The van der Waals surface area contributed by atoms with Crippen molar-refractivity contribution in [2.24, 2.45) is 0 Å². The summed E-state index contributed by atoms with van der Waals surface area (Å²) in [7, 11) is 0. The Balaban J connectivity index is 1.52. The van der Waals surface area contributed by atoms with Crippen molar-refractivity contribution in [3.63, 3.8) is 0 Å². The second-order valence-electron chi connectivity index (χ2n) is 8.50. The average Bonchev–Trinajstić information content (AvgIpc) is 2.83. The van der Waals surface area contributed by atoms with Crippen molar-refractivity contribution in [3.8, 4) is 0 Å². The predicted octanol–water partition coefficient (Wildman–Crippen LogP) is 2.73. The highest BCUT2D eigenvalue weighted by molar-refractivity contribution is 6.04. The number of ether oxygens (including phenoxy) is 2. The molecule has 0 spiro atoms. The minimum atomic E-state index is -0.207. The van der Waals surface area contributed by atoms with Crippen LogP contribution in [0.4, 0.5) is 17.6 Å². The van der Waals surface area contributed by atoms with E-state index in [0.29, 0.717) is 49.3 Å². The summed E-state index contributed by atoms with van der Waals surface area (Å²) in [4.78, 5) is 31.4. The van der Waals surface area contributed by atoms with Gasteiger partial charge in [0.1, 0.15) is 11.6 Å². The van der Waals surface area contributed by atoms with Crippen molar-refractivity contribution >= 4 is 34.5 Å². The van der Waals surface area contributed by atoms with Gasteiger partial charge in [-0.05, 0) is 38.1 Å². The van der Waals surface area contributed by atoms with E-state index < -0.39 is 0 Å². The third kappa shape index (κ3) is 4.74. The number of nitrogens with one attached hydrogen (secondary N) is 1. The van der Waals surface area contributed by atoms with E-state index in [2.05, 4.69) is 29.0 Å². The summed E-state index contributed by atoms with van der Waals surface area (Å²) in [6, 6.07) is 12.8. The maximum absolute atomic E-state index is 12.6. The topological polar surface area (TPSA) is 92.7 Å². The number of nitrogens with zero attached hydrogens (tertiary/aromatic N) is 5. The quantitative estimate of drug-likeness (QED) is 0.651. The molecule has 1 aromatic carbocycles. The number of rotatable bonds is 4. The molecule has 4 heterocycles. The molecule has 2 aliphatic rings. The smallest absolute Gasteiger partial charge is 0.256 e. The van der Waals surface area contributed by atoms with Crippen molar-refractivity contribution in [1.82, 2.24) is 15.0 Å². The van der Waals surface area contributed by atoms with E-state index in [1.807, 2.05) is 24.3 Å². The predicted molar refractivity (Wildman–Crippen MR) is 127 cm³/mol. The molecule has 3 aromatic rings. The van der Waals surface area contributed by atoms with Gasteiger partial charge in [0.25, 0.3) is 5.91 Å². The van der Waals surface area contributed by atoms with Gasteiger partial charge in [-0.25, -0.2) is 4.98 Å². The molecule has 0 saturated carbocycles. The Labute approximate surface area is 192 Å². The average molecular weight is 449 g/mol. The molecule has 2 saturated heterocycles. The van der Waals surface area contributed by atoms with Gasteiger partial charge in [-0.2, -0.15) is 9.97 Å². The second kappa shape index (κ2) is 9.29. The zero-order valence-corrected chi connectivity index (χ0v) is 18.9. The van der Waals surface area contributed by atoms with Crippen LogP contribution < -0.4 is 15.1 Å². The van der Waals surface area contributed by atoms with Gasteiger partial charge in [0.2, 0.25) is 5.95 Å². The Morgan fingerprint density at radius 2 is 1.67 bits per heavy atom. The van der Waals surface area contributed by atoms with Gasteiger partial charge in [0.05, 0.1) is 30.8 Å². The lowest BCUT2D eigenvalue weighted by atomic mass is 10.2. The van der Waals surface area contributed by atoms with E-state index in [4.69, 9.17) is 24.4 Å². The summed E-state index contributed by atoms with van der Waals surface area (Å²) < 4.78 is 11.4. The maximum atomic E-state index is 12.6. The highest BCUT2D eigenvalue weighted by atomic mass is 16.5. The Bertz CT molecular complexity index is 1130. The van der Waals surface area contributed by atoms with E-state index in [0.717, 1.165) is 24.3 Å². The number of anilines is 3. The number of benzene rings is 1. The summed E-state index contributed by atoms with van der Waals surface area (Å²) in [5.74, 6) is 1.72. The summed E-state index contributed by atoms with van der Waals surface area (Å²) in [6.07, 6.45) is 0.175. The molecule has 2 aliphatic heterocycles. The van der Waals surface area contributed by atoms with Gasteiger partial charge < -0.3 is 24.6 Å². The van der Waals surface area contributed by atoms with Crippen LogP contribution in [0.15, 0.2) is 42.5 Å². The number of amides is 1. The molecule has 9 heteroatoms. The molecule has 0 aliphatic carbocycles. The highest BCUT2D eigenvalue weighted by Crippen LogP contribution is 2.29. The van der Waals surface area contributed by atoms with Crippen molar-refractivity contribution in [2.45, 2.75) is 26.1 Å². The zero-order chi connectivity index (χ0) is 22.8. The summed E-state index contributed by atoms with van der Waals surface area (Å²) in [5, 5.41) is 3.74. The SMILES string of the molecule is CC1CN(c2nc(N3CCOCC3)c3ccc(NC(=O)c4ccccc4)nc3n2)CC(C)O1. The Morgan fingerprint density at radius 1 is 0.939 bits per heavy atom. The first-order chi connectivity index (χ1) is 16.1. The van der Waals surface area contributed by atoms with Crippen molar-refractivity contribution < 1.29 is 14.3 Å². The molecule has 2 fully saturated rings. The zero-order valence-electron chi connectivity index (χ0n) is 18.9. The van der Waals surface area contributed by atoms with Crippen molar-refractivity contribution in [1.29, 1.82) is 0 Å². The third-order valence-corrected chi connectivity index (χ3v) is 5.82. The molecular formula is C24H28N6O3. The van der Waals surface area contributed by atoms with Crippen molar-refractivity contribution in [2.75, 3.05) is 54.5 Å². The van der Waals surface area contributed by atoms with Crippen LogP contribution in [0.2, 0.25) is 0 Å². The number of pyridine rings is 1. The molecule has 33 heavy (non-hydrogen) atoms. The molecule has 172 valence electrons. The Hall–Kier alpha value is -3.30. The minimum Gasteiger partial charge on any atom is -0.378 e. The molecule has 2 atom stereocenters. The van der Waals surface area contributed by atoms with E-state index in [-0.39, 0.29) is 18.1 Å². The highest BCUT2D eigenvalue weighted by Gasteiger charge is 2.26. The van der Waals surface area contributed by atoms with E-state index >= 15 is 0 Å². The van der Waals surface area contributed by atoms with Gasteiger partial charge in [0, 0.05) is 31.7 Å². The fourth-order valence-electron chi connectivity index (χ4n) is 4.33. The third-order valence-electron chi connectivity index (χ3n) is 5.82. The van der Waals surface area contributed by atoms with Gasteiger partial charge in [-0.15, -0.1) is 0 Å². The van der Waals surface area contributed by atoms with Crippen molar-refractivity contribution in [3.05, 3.63) is 48.0 Å². The number of fused-ring (bicyclic) bond motifs is 1. The van der Waals surface area contributed by atoms with Crippen LogP contribution in [0.5, 0.6) is 0 Å². The number of morpholine rings is 2. The van der Waals surface area contributed by atoms with Crippen LogP contribution in [-0.4, -0.2) is 72.5 Å². The summed E-state index contributed by atoms with van der Waals surface area (Å²) in [5.41, 5.74) is 1.13. The van der Waals surface area contributed by atoms with Crippen LogP contribution in [0.3, 0.4) is 0 Å². The molecular weight excluding hydrogens is 420 g/mol. The number of carbonyl (C=O) groups excluding carboxylic acids is 1. The Kier molecular flexibility index (Phi) is 6.06. The lowest BCUT2D eigenvalue weighted by Crippen LogP contribution is -2.46. The first kappa shape index (κ1) is 21.5. The van der Waals surface area contributed by atoms with Gasteiger partial charge >= 0.3 is 0 Å². The number of carbonyl (C=O) groups is 1. The fourth-order valence-corrected chi connectivity index (χ4v) is 4.33. The second-order valence-corrected chi connectivity index (χ2v) is 8.50. The number of aromatic nitrogens is 3. The molecule has 5 rings (SSSR count). The fraction of sp³-hybridized carbons (Fsp3) is 0.417. The lowest BCUT2D eigenvalue weighted by Gasteiger charge is -2.36. The molecule has 1 N–H and O–H groups in total. The van der Waals surface area contributed by atoms with Crippen LogP contribution in [0.25, 0.3) is 11.0 Å². The molecule has 1 amide bonds. The first-order valence-electron chi connectivity index (χ1n) is 11.3. The Morgan fingerprint density at radius 3 is 2.39 bits per heavy atom. The number of hydrogen-bond acceptors (Lipinski definition) is 8.